The topological polar surface area (TPSA) is 35.5 Å². The molecule has 0 fully saturated rings. The summed E-state index contributed by atoms with van der Waals surface area (Å²) in [6.45, 7) is 9.58. The highest BCUT2D eigenvalue weighted by Crippen LogP contribution is 2.26. The van der Waals surface area contributed by atoms with E-state index in [2.05, 4.69) is 6.58 Å². The molecule has 0 spiro atoms. The lowest BCUT2D eigenvalue weighted by Crippen LogP contribution is -2.13. The van der Waals surface area contributed by atoms with E-state index in [-0.39, 0.29) is 6.61 Å². The van der Waals surface area contributed by atoms with Crippen LogP contribution < -0.4 is 4.74 Å². The molecule has 0 atom stereocenters. The predicted octanol–water partition coefficient (Wildman–Crippen LogP) is 4.25. The van der Waals surface area contributed by atoms with Gasteiger partial charge in [-0.15, -0.1) is 0 Å². The number of hydrogen-bond donors (Lipinski definition) is 0. The van der Waals surface area contributed by atoms with E-state index in [4.69, 9.17) is 9.47 Å². The lowest BCUT2D eigenvalue weighted by molar-refractivity contribution is -0.139. The summed E-state index contributed by atoms with van der Waals surface area (Å²) in [5.74, 6) is 0.397. The fourth-order valence-electron chi connectivity index (χ4n) is 1.76. The third-order valence-electron chi connectivity index (χ3n) is 2.68. The number of para-hydroxylation sites is 1. The second-order valence-electron chi connectivity index (χ2n) is 4.53. The summed E-state index contributed by atoms with van der Waals surface area (Å²) in [7, 11) is 0. The van der Waals surface area contributed by atoms with Gasteiger partial charge in [-0.25, -0.2) is 4.79 Å². The Morgan fingerprint density at radius 1 is 1.14 bits per heavy atom. The average molecular weight is 286 g/mol. The summed E-state index contributed by atoms with van der Waals surface area (Å²) in [6.07, 6.45) is 7.90. The van der Waals surface area contributed by atoms with Crippen LogP contribution in [0.4, 0.5) is 0 Å². The molecule has 0 aliphatic heterocycles. The van der Waals surface area contributed by atoms with E-state index in [0.717, 1.165) is 16.9 Å². The zero-order valence-corrected chi connectivity index (χ0v) is 12.9. The molecule has 0 aliphatic carbocycles. The fourth-order valence-corrected chi connectivity index (χ4v) is 1.76. The van der Waals surface area contributed by atoms with Gasteiger partial charge in [-0.1, -0.05) is 49.1 Å². The third kappa shape index (κ3) is 5.30. The quantitative estimate of drug-likeness (QED) is 0.427. The van der Waals surface area contributed by atoms with Gasteiger partial charge in [0.2, 0.25) is 0 Å². The molecule has 0 aliphatic rings. The molecule has 1 rings (SSSR count). The zero-order valence-electron chi connectivity index (χ0n) is 12.9. The van der Waals surface area contributed by atoms with Crippen molar-refractivity contribution in [1.82, 2.24) is 0 Å². The highest BCUT2D eigenvalue weighted by molar-refractivity contribution is 5.86. The van der Waals surface area contributed by atoms with Crippen molar-refractivity contribution < 1.29 is 14.3 Å². The average Bonchev–Trinajstić information content (AvgIpc) is 2.45. The van der Waals surface area contributed by atoms with Gasteiger partial charge in [0.15, 0.2) is 0 Å². The van der Waals surface area contributed by atoms with Gasteiger partial charge in [-0.05, 0) is 20.8 Å². The molecule has 1 aromatic carbocycles. The Balaban J connectivity index is 2.76. The number of carbonyl (C=O) groups excluding carboxylic acids is 1. The number of benzene rings is 1. The van der Waals surface area contributed by atoms with Crippen molar-refractivity contribution in [3.63, 3.8) is 0 Å². The molecule has 0 N–H and O–H groups in total. The highest BCUT2D eigenvalue weighted by atomic mass is 16.6. The summed E-state index contributed by atoms with van der Waals surface area (Å²) in [6, 6.07) is 5.96. The predicted molar refractivity (Wildman–Crippen MR) is 87.1 cm³/mol. The van der Waals surface area contributed by atoms with Crippen molar-refractivity contribution in [1.29, 1.82) is 0 Å². The van der Waals surface area contributed by atoms with Crippen LogP contribution >= 0.6 is 0 Å². The third-order valence-corrected chi connectivity index (χ3v) is 2.68. The number of ether oxygens (including phenoxy) is 2. The van der Waals surface area contributed by atoms with Gasteiger partial charge in [0.05, 0.1) is 0 Å². The molecule has 0 bridgehead atoms. The van der Waals surface area contributed by atoms with E-state index in [1.165, 1.54) is 0 Å². The summed E-state index contributed by atoms with van der Waals surface area (Å²) in [5, 5.41) is 0. The van der Waals surface area contributed by atoms with Crippen LogP contribution in [0.2, 0.25) is 0 Å². The lowest BCUT2D eigenvalue weighted by atomic mass is 10.1. The minimum atomic E-state index is -0.394. The van der Waals surface area contributed by atoms with Gasteiger partial charge in [-0.2, -0.15) is 0 Å². The maximum atomic E-state index is 11.3. The Hall–Kier alpha value is -2.29. The van der Waals surface area contributed by atoms with E-state index in [0.29, 0.717) is 12.2 Å². The van der Waals surface area contributed by atoms with Crippen LogP contribution in [-0.4, -0.2) is 19.2 Å². The Kier molecular flexibility index (Phi) is 7.02. The van der Waals surface area contributed by atoms with Crippen LogP contribution in [0.1, 0.15) is 31.9 Å². The van der Waals surface area contributed by atoms with Crippen molar-refractivity contribution in [2.45, 2.75) is 20.8 Å². The molecule has 0 radical (unpaired) electrons. The number of rotatable bonds is 7. The Morgan fingerprint density at radius 2 is 1.71 bits per heavy atom. The molecule has 3 heteroatoms. The van der Waals surface area contributed by atoms with E-state index >= 15 is 0 Å². The van der Waals surface area contributed by atoms with Crippen molar-refractivity contribution in [3.8, 4) is 5.75 Å². The molecule has 0 heterocycles. The second kappa shape index (κ2) is 8.80. The molecule has 0 amide bonds. The first-order valence-corrected chi connectivity index (χ1v) is 6.94. The van der Waals surface area contributed by atoms with Gasteiger partial charge in [0.25, 0.3) is 0 Å². The first-order chi connectivity index (χ1) is 10.1. The summed E-state index contributed by atoms with van der Waals surface area (Å²) < 4.78 is 10.8. The van der Waals surface area contributed by atoms with Crippen molar-refractivity contribution in [2.75, 3.05) is 13.2 Å². The lowest BCUT2D eigenvalue weighted by Gasteiger charge is -2.13. The minimum absolute atomic E-state index is 0.200. The van der Waals surface area contributed by atoms with Gasteiger partial charge < -0.3 is 9.47 Å². The van der Waals surface area contributed by atoms with Crippen LogP contribution in [0.3, 0.4) is 0 Å². The van der Waals surface area contributed by atoms with E-state index in [1.54, 1.807) is 6.92 Å². The molecule has 0 unspecified atom stereocenters. The summed E-state index contributed by atoms with van der Waals surface area (Å²) in [5.41, 5.74) is 2.39. The van der Waals surface area contributed by atoms with Crippen LogP contribution in [0.5, 0.6) is 5.75 Å². The smallest absolute Gasteiger partial charge is 0.333 e. The van der Waals surface area contributed by atoms with Crippen LogP contribution in [-0.2, 0) is 9.53 Å². The number of carbonyl (C=O) groups is 1. The minimum Gasteiger partial charge on any atom is -0.489 e. The Morgan fingerprint density at radius 3 is 2.19 bits per heavy atom. The van der Waals surface area contributed by atoms with E-state index in [1.807, 2.05) is 56.4 Å². The van der Waals surface area contributed by atoms with Crippen molar-refractivity contribution in [3.05, 3.63) is 53.6 Å². The van der Waals surface area contributed by atoms with E-state index in [9.17, 15) is 4.79 Å². The summed E-state index contributed by atoms with van der Waals surface area (Å²) in [4.78, 5) is 11.3. The fraction of sp³-hybridized carbons (Fsp3) is 0.278. The standard InChI is InChI=1S/C18H22O3/c1-5-8-15-10-7-11-16(9-6-2)17(15)20-12-13-21-18(19)14(3)4/h5-11H,3,12-13H2,1-2,4H3. The van der Waals surface area contributed by atoms with Gasteiger partial charge in [0.1, 0.15) is 19.0 Å². The molecular formula is C18H22O3. The van der Waals surface area contributed by atoms with Crippen molar-refractivity contribution >= 4 is 18.1 Å². The molecule has 1 aromatic rings. The molecule has 21 heavy (non-hydrogen) atoms. The van der Waals surface area contributed by atoms with E-state index < -0.39 is 5.97 Å². The molecule has 0 saturated carbocycles. The van der Waals surface area contributed by atoms with Crippen LogP contribution in [0, 0.1) is 0 Å². The maximum Gasteiger partial charge on any atom is 0.333 e. The number of allylic oxidation sites excluding steroid dienone is 2. The van der Waals surface area contributed by atoms with Crippen LogP contribution in [0.25, 0.3) is 12.2 Å². The van der Waals surface area contributed by atoms with Gasteiger partial charge in [0, 0.05) is 16.7 Å². The first-order valence-electron chi connectivity index (χ1n) is 6.94. The van der Waals surface area contributed by atoms with Crippen molar-refractivity contribution in [2.24, 2.45) is 0 Å². The molecule has 0 saturated heterocycles. The van der Waals surface area contributed by atoms with Crippen LogP contribution in [0.15, 0.2) is 42.5 Å². The SMILES string of the molecule is C=C(C)C(=O)OCCOc1c(C=CC)cccc1C=CC. The molecule has 112 valence electrons. The largest absolute Gasteiger partial charge is 0.489 e. The zero-order chi connectivity index (χ0) is 15.7. The molecule has 0 aromatic heterocycles. The maximum absolute atomic E-state index is 11.3. The Bertz CT molecular complexity index is 523. The summed E-state index contributed by atoms with van der Waals surface area (Å²) >= 11 is 0. The number of hydrogen-bond acceptors (Lipinski definition) is 3. The van der Waals surface area contributed by atoms with Gasteiger partial charge in [-0.3, -0.25) is 0 Å². The number of esters is 1. The highest BCUT2D eigenvalue weighted by Gasteiger charge is 2.07. The first kappa shape index (κ1) is 16.8. The Labute approximate surface area is 126 Å². The van der Waals surface area contributed by atoms with Gasteiger partial charge >= 0.3 is 5.97 Å². The second-order valence-corrected chi connectivity index (χ2v) is 4.53. The molecular weight excluding hydrogens is 264 g/mol. The monoisotopic (exact) mass is 286 g/mol. The molecule has 3 nitrogen and oxygen atoms in total. The normalized spacial score (nSPS) is 11.0.